The van der Waals surface area contributed by atoms with Crippen LogP contribution in [0.1, 0.15) is 31.2 Å². The summed E-state index contributed by atoms with van der Waals surface area (Å²) < 4.78 is 10.3. The highest BCUT2D eigenvalue weighted by atomic mass is 16.5. The molecule has 1 heterocycles. The van der Waals surface area contributed by atoms with Crippen molar-refractivity contribution in [1.82, 2.24) is 15.4 Å². The summed E-state index contributed by atoms with van der Waals surface area (Å²) in [6.45, 7) is 6.54. The van der Waals surface area contributed by atoms with E-state index in [1.807, 2.05) is 6.07 Å². The van der Waals surface area contributed by atoms with Crippen LogP contribution in [0.2, 0.25) is 0 Å². The zero-order valence-electron chi connectivity index (χ0n) is 11.7. The molecule has 5 heteroatoms. The van der Waals surface area contributed by atoms with Gasteiger partial charge in [-0.25, -0.2) is 0 Å². The molecule has 0 spiro atoms. The van der Waals surface area contributed by atoms with E-state index in [-0.39, 0.29) is 0 Å². The summed E-state index contributed by atoms with van der Waals surface area (Å²) in [4.78, 5) is 2.21. The highest BCUT2D eigenvalue weighted by Gasteiger charge is 2.06. The number of aromatic nitrogens is 1. The number of methoxy groups -OCH3 is 1. The molecular weight excluding hydrogens is 230 g/mol. The molecule has 0 unspecified atom stereocenters. The summed E-state index contributed by atoms with van der Waals surface area (Å²) >= 11 is 0. The number of hydrogen-bond acceptors (Lipinski definition) is 5. The lowest BCUT2D eigenvalue weighted by atomic mass is 10.3. The number of ether oxygens (including phenoxy) is 1. The monoisotopic (exact) mass is 255 g/mol. The van der Waals surface area contributed by atoms with E-state index in [9.17, 15) is 0 Å². The van der Waals surface area contributed by atoms with Crippen LogP contribution in [0, 0.1) is 0 Å². The van der Waals surface area contributed by atoms with Crippen LogP contribution in [0.3, 0.4) is 0 Å². The molecule has 0 saturated carbocycles. The second-order valence-corrected chi connectivity index (χ2v) is 4.55. The van der Waals surface area contributed by atoms with E-state index in [0.717, 1.165) is 57.1 Å². The lowest BCUT2D eigenvalue weighted by Gasteiger charge is -2.13. The second-order valence-electron chi connectivity index (χ2n) is 4.55. The van der Waals surface area contributed by atoms with Gasteiger partial charge in [0.15, 0.2) is 5.76 Å². The quantitative estimate of drug-likeness (QED) is 0.644. The maximum absolute atomic E-state index is 5.31. The first-order chi connectivity index (χ1) is 8.76. The van der Waals surface area contributed by atoms with Crippen LogP contribution in [-0.2, 0) is 17.8 Å². The first-order valence-electron chi connectivity index (χ1n) is 6.59. The van der Waals surface area contributed by atoms with E-state index in [1.165, 1.54) is 0 Å². The third-order valence-electron chi connectivity index (χ3n) is 2.65. The fourth-order valence-electron chi connectivity index (χ4n) is 1.73. The normalized spacial score (nSPS) is 11.3. The second kappa shape index (κ2) is 9.08. The molecule has 1 aromatic heterocycles. The molecule has 1 aromatic rings. The average molecular weight is 255 g/mol. The van der Waals surface area contributed by atoms with Crippen molar-refractivity contribution in [2.75, 3.05) is 33.9 Å². The molecule has 0 aliphatic heterocycles. The van der Waals surface area contributed by atoms with Crippen LogP contribution in [-0.4, -0.2) is 43.9 Å². The van der Waals surface area contributed by atoms with E-state index in [2.05, 4.69) is 29.3 Å². The smallest absolute Gasteiger partial charge is 0.151 e. The van der Waals surface area contributed by atoms with Gasteiger partial charge in [-0.3, -0.25) is 4.90 Å². The summed E-state index contributed by atoms with van der Waals surface area (Å²) in [6, 6.07) is 2.02. The molecule has 0 aromatic carbocycles. The fraction of sp³-hybridized carbons (Fsp3) is 0.769. The lowest BCUT2D eigenvalue weighted by molar-refractivity contribution is 0.174. The van der Waals surface area contributed by atoms with Crippen LogP contribution in [0.15, 0.2) is 10.6 Å². The van der Waals surface area contributed by atoms with Crippen LogP contribution in [0.25, 0.3) is 0 Å². The summed E-state index contributed by atoms with van der Waals surface area (Å²) in [5.41, 5.74) is 0.976. The van der Waals surface area contributed by atoms with Crippen LogP contribution in [0.4, 0.5) is 0 Å². The van der Waals surface area contributed by atoms with Crippen molar-refractivity contribution in [2.24, 2.45) is 0 Å². The molecule has 0 bridgehead atoms. The van der Waals surface area contributed by atoms with Crippen molar-refractivity contribution in [1.29, 1.82) is 0 Å². The van der Waals surface area contributed by atoms with Gasteiger partial charge in [0.2, 0.25) is 0 Å². The molecule has 0 atom stereocenters. The van der Waals surface area contributed by atoms with Gasteiger partial charge in [-0.1, -0.05) is 12.1 Å². The van der Waals surface area contributed by atoms with E-state index in [0.29, 0.717) is 0 Å². The van der Waals surface area contributed by atoms with Crippen molar-refractivity contribution in [3.8, 4) is 0 Å². The van der Waals surface area contributed by atoms with Gasteiger partial charge in [0.25, 0.3) is 0 Å². The Bertz CT molecular complexity index is 315. The SMILES string of the molecule is CCCNCc1cc(CN(C)CCCOC)on1. The highest BCUT2D eigenvalue weighted by Crippen LogP contribution is 2.06. The Balaban J connectivity index is 2.25. The van der Waals surface area contributed by atoms with Gasteiger partial charge in [0, 0.05) is 32.9 Å². The largest absolute Gasteiger partial charge is 0.385 e. The maximum Gasteiger partial charge on any atom is 0.151 e. The molecule has 1 N–H and O–H groups in total. The number of hydrogen-bond donors (Lipinski definition) is 1. The third kappa shape index (κ3) is 6.14. The standard InChI is InChI=1S/C13H25N3O2/c1-4-6-14-10-12-9-13(18-15-12)11-16(2)7-5-8-17-3/h9,14H,4-8,10-11H2,1-3H3. The van der Waals surface area contributed by atoms with Gasteiger partial charge in [-0.05, 0) is 26.4 Å². The molecule has 0 amide bonds. The predicted molar refractivity (Wildman–Crippen MR) is 71.3 cm³/mol. The van der Waals surface area contributed by atoms with Gasteiger partial charge >= 0.3 is 0 Å². The van der Waals surface area contributed by atoms with E-state index in [4.69, 9.17) is 9.26 Å². The summed E-state index contributed by atoms with van der Waals surface area (Å²) in [7, 11) is 3.80. The summed E-state index contributed by atoms with van der Waals surface area (Å²) in [5.74, 6) is 0.920. The third-order valence-corrected chi connectivity index (χ3v) is 2.65. The molecule has 0 fully saturated rings. The van der Waals surface area contributed by atoms with Crippen molar-refractivity contribution >= 4 is 0 Å². The molecule has 1 rings (SSSR count). The van der Waals surface area contributed by atoms with Gasteiger partial charge in [0.1, 0.15) is 0 Å². The van der Waals surface area contributed by atoms with Gasteiger partial charge < -0.3 is 14.6 Å². The minimum absolute atomic E-state index is 0.782. The zero-order valence-corrected chi connectivity index (χ0v) is 11.7. The van der Waals surface area contributed by atoms with Gasteiger partial charge in [0.05, 0.1) is 12.2 Å². The van der Waals surface area contributed by atoms with Crippen LogP contribution < -0.4 is 5.32 Å². The molecular formula is C13H25N3O2. The fourth-order valence-corrected chi connectivity index (χ4v) is 1.73. The molecule has 18 heavy (non-hydrogen) atoms. The highest BCUT2D eigenvalue weighted by molar-refractivity contribution is 5.04. The first kappa shape index (κ1) is 15.1. The minimum Gasteiger partial charge on any atom is -0.385 e. The zero-order chi connectivity index (χ0) is 13.2. The molecule has 0 aliphatic rings. The Labute approximate surface area is 109 Å². The van der Waals surface area contributed by atoms with E-state index in [1.54, 1.807) is 7.11 Å². The summed E-state index contributed by atoms with van der Waals surface area (Å²) in [5, 5.41) is 7.36. The Kier molecular flexibility index (Phi) is 7.64. The maximum atomic E-state index is 5.31. The Morgan fingerprint density at radius 1 is 1.50 bits per heavy atom. The molecule has 0 aliphatic carbocycles. The number of rotatable bonds is 10. The van der Waals surface area contributed by atoms with Crippen molar-refractivity contribution in [3.05, 3.63) is 17.5 Å². The molecule has 0 saturated heterocycles. The van der Waals surface area contributed by atoms with Crippen molar-refractivity contribution in [2.45, 2.75) is 32.9 Å². The van der Waals surface area contributed by atoms with Crippen molar-refractivity contribution in [3.63, 3.8) is 0 Å². The van der Waals surface area contributed by atoms with Gasteiger partial charge in [-0.2, -0.15) is 0 Å². The Hall–Kier alpha value is -0.910. The predicted octanol–water partition coefficient (Wildman–Crippen LogP) is 1.64. The lowest BCUT2D eigenvalue weighted by Crippen LogP contribution is -2.19. The topological polar surface area (TPSA) is 50.5 Å². The van der Waals surface area contributed by atoms with Crippen LogP contribution in [0.5, 0.6) is 0 Å². The first-order valence-corrected chi connectivity index (χ1v) is 6.59. The van der Waals surface area contributed by atoms with Gasteiger partial charge in [-0.15, -0.1) is 0 Å². The molecule has 0 radical (unpaired) electrons. The van der Waals surface area contributed by atoms with E-state index >= 15 is 0 Å². The number of nitrogens with zero attached hydrogens (tertiary/aromatic N) is 2. The minimum atomic E-state index is 0.782. The van der Waals surface area contributed by atoms with Crippen LogP contribution >= 0.6 is 0 Å². The Morgan fingerprint density at radius 2 is 2.33 bits per heavy atom. The van der Waals surface area contributed by atoms with E-state index < -0.39 is 0 Å². The Morgan fingerprint density at radius 3 is 3.06 bits per heavy atom. The molecule has 104 valence electrons. The number of nitrogens with one attached hydrogen (secondary N) is 1. The summed E-state index contributed by atoms with van der Waals surface area (Å²) in [6.07, 6.45) is 2.17. The van der Waals surface area contributed by atoms with Crippen molar-refractivity contribution < 1.29 is 9.26 Å². The molecule has 5 nitrogen and oxygen atoms in total. The average Bonchev–Trinajstić information content (AvgIpc) is 2.77.